The molecular weight excluding hydrogens is 676 g/mol. The Morgan fingerprint density at radius 2 is 1.35 bits per heavy atom. The number of carbonyl (C=O) groups is 4. The summed E-state index contributed by atoms with van der Waals surface area (Å²) in [4.78, 5) is 57.6. The number of rotatable bonds is 10. The lowest BCUT2D eigenvalue weighted by molar-refractivity contribution is -0.136. The maximum atomic E-state index is 14.4. The van der Waals surface area contributed by atoms with E-state index in [4.69, 9.17) is 5.73 Å². The molecule has 0 saturated carbocycles. The Kier molecular flexibility index (Phi) is 11.6. The number of hydrogen-bond donors (Lipinski definition) is 3. The molecule has 4 amide bonds. The molecule has 4 N–H and O–H groups in total. The molecule has 1 atom stereocenters. The number of halogens is 3. The van der Waals surface area contributed by atoms with Gasteiger partial charge in [-0.2, -0.15) is 0 Å². The molecule has 0 aliphatic carbocycles. The Hall–Kier alpha value is -5.91. The van der Waals surface area contributed by atoms with Crippen molar-refractivity contribution in [3.63, 3.8) is 0 Å². The van der Waals surface area contributed by atoms with Gasteiger partial charge in [0.2, 0.25) is 17.7 Å². The SMILES string of the molecule is Cl.NCc1ccc(N2C(=O)C(CC(=O)NCc3ccccc3F)C(=O)N(Cc3ccc(NC(=O)c4ccc(F)cc4)cc3)c3ccccc32)cc1. The first-order valence-electron chi connectivity index (χ1n) is 15.9. The van der Waals surface area contributed by atoms with Crippen LogP contribution in [0, 0.1) is 17.6 Å². The number of anilines is 4. The molecule has 1 unspecified atom stereocenters. The largest absolute Gasteiger partial charge is 0.352 e. The highest BCUT2D eigenvalue weighted by molar-refractivity contribution is 6.21. The van der Waals surface area contributed by atoms with E-state index >= 15 is 0 Å². The van der Waals surface area contributed by atoms with E-state index in [0.29, 0.717) is 34.9 Å². The van der Waals surface area contributed by atoms with Gasteiger partial charge in [-0.15, -0.1) is 12.4 Å². The fraction of sp³-hybridized carbons (Fsp3) is 0.128. The number of carbonyl (C=O) groups excluding carboxylic acids is 4. The minimum Gasteiger partial charge on any atom is -0.352 e. The summed E-state index contributed by atoms with van der Waals surface area (Å²) in [5.74, 6) is -4.52. The normalized spacial score (nSPS) is 13.9. The van der Waals surface area contributed by atoms with E-state index < -0.39 is 47.6 Å². The van der Waals surface area contributed by atoms with Crippen LogP contribution in [-0.2, 0) is 34.0 Å². The lowest BCUT2D eigenvalue weighted by atomic mass is 10.0. The average molecular weight is 710 g/mol. The van der Waals surface area contributed by atoms with E-state index in [1.165, 1.54) is 40.1 Å². The van der Waals surface area contributed by atoms with Gasteiger partial charge in [0.15, 0.2) is 0 Å². The number of benzene rings is 5. The van der Waals surface area contributed by atoms with Crippen LogP contribution in [0.25, 0.3) is 0 Å². The molecule has 1 heterocycles. The number of nitrogens with zero attached hydrogens (tertiary/aromatic N) is 2. The highest BCUT2D eigenvalue weighted by Gasteiger charge is 2.42. The predicted octanol–water partition coefficient (Wildman–Crippen LogP) is 6.63. The fourth-order valence-electron chi connectivity index (χ4n) is 5.73. The standard InChI is InChI=1S/C39H33F2N5O4.ClH/c40-29-15-13-27(14-16-29)37(48)44-30-17-9-26(10-18-30)24-45-34-7-3-4-8-35(34)46(31-19-11-25(22-42)12-20-31)39(50)32(38(45)49)21-36(47)43-23-28-5-1-2-6-33(28)41;/h1-20,32H,21-24,42H2,(H,43,47)(H,44,48);1H. The minimum atomic E-state index is -1.41. The van der Waals surface area contributed by atoms with Gasteiger partial charge in [-0.25, -0.2) is 8.78 Å². The molecule has 0 fully saturated rings. The van der Waals surface area contributed by atoms with E-state index in [1.807, 2.05) is 0 Å². The van der Waals surface area contributed by atoms with Crippen LogP contribution in [0.15, 0.2) is 121 Å². The van der Waals surface area contributed by atoms with Gasteiger partial charge in [-0.3, -0.25) is 24.1 Å². The van der Waals surface area contributed by atoms with Crippen LogP contribution in [0.1, 0.15) is 33.5 Å². The van der Waals surface area contributed by atoms with Crippen molar-refractivity contribution in [2.24, 2.45) is 11.7 Å². The number of nitrogens with two attached hydrogens (primary N) is 1. The molecular formula is C39H34ClF2N5O4. The molecule has 51 heavy (non-hydrogen) atoms. The summed E-state index contributed by atoms with van der Waals surface area (Å²) in [5.41, 5.74) is 9.78. The van der Waals surface area contributed by atoms with Crippen LogP contribution in [0.4, 0.5) is 31.5 Å². The third-order valence-corrected chi connectivity index (χ3v) is 8.41. The zero-order valence-corrected chi connectivity index (χ0v) is 28.0. The lowest BCUT2D eigenvalue weighted by Gasteiger charge is -2.26. The molecule has 0 spiro atoms. The van der Waals surface area contributed by atoms with E-state index in [0.717, 1.165) is 5.56 Å². The third kappa shape index (κ3) is 8.29. The molecule has 260 valence electrons. The van der Waals surface area contributed by atoms with Gasteiger partial charge >= 0.3 is 0 Å². The van der Waals surface area contributed by atoms with Crippen LogP contribution < -0.4 is 26.2 Å². The first-order valence-corrected chi connectivity index (χ1v) is 15.9. The molecule has 5 aromatic carbocycles. The van der Waals surface area contributed by atoms with Crippen molar-refractivity contribution in [1.29, 1.82) is 0 Å². The molecule has 0 saturated heterocycles. The summed E-state index contributed by atoms with van der Waals surface area (Å²) in [5, 5.41) is 5.42. The maximum absolute atomic E-state index is 14.4. The summed E-state index contributed by atoms with van der Waals surface area (Å²) in [7, 11) is 0. The number of fused-ring (bicyclic) bond motifs is 1. The molecule has 6 rings (SSSR count). The average Bonchev–Trinajstić information content (AvgIpc) is 3.21. The van der Waals surface area contributed by atoms with E-state index in [-0.39, 0.29) is 36.6 Å². The van der Waals surface area contributed by atoms with Crippen LogP contribution in [-0.4, -0.2) is 23.6 Å². The summed E-state index contributed by atoms with van der Waals surface area (Å²) in [6.07, 6.45) is -0.470. The second-order valence-corrected chi connectivity index (χ2v) is 11.7. The monoisotopic (exact) mass is 709 g/mol. The fourth-order valence-corrected chi connectivity index (χ4v) is 5.73. The molecule has 5 aromatic rings. The van der Waals surface area contributed by atoms with Gasteiger partial charge in [0.1, 0.15) is 17.6 Å². The van der Waals surface area contributed by atoms with Crippen molar-refractivity contribution in [1.82, 2.24) is 5.32 Å². The Labute approximate surface area is 299 Å². The topological polar surface area (TPSA) is 125 Å². The van der Waals surface area contributed by atoms with Gasteiger partial charge in [-0.05, 0) is 77.9 Å². The Morgan fingerprint density at radius 3 is 2.02 bits per heavy atom. The van der Waals surface area contributed by atoms with Crippen molar-refractivity contribution >= 4 is 58.8 Å². The van der Waals surface area contributed by atoms with E-state index in [1.54, 1.807) is 91.0 Å². The second kappa shape index (κ2) is 16.2. The molecule has 12 heteroatoms. The van der Waals surface area contributed by atoms with Crippen molar-refractivity contribution in [3.05, 3.63) is 155 Å². The smallest absolute Gasteiger partial charge is 0.255 e. The molecule has 1 aliphatic rings. The highest BCUT2D eigenvalue weighted by Crippen LogP contribution is 2.40. The quantitative estimate of drug-likeness (QED) is 0.141. The van der Waals surface area contributed by atoms with Gasteiger partial charge in [0.25, 0.3) is 5.91 Å². The summed E-state index contributed by atoms with van der Waals surface area (Å²) in [6, 6.07) is 32.1. The van der Waals surface area contributed by atoms with Crippen LogP contribution >= 0.6 is 12.4 Å². The number of amides is 4. The Morgan fingerprint density at radius 1 is 0.725 bits per heavy atom. The maximum Gasteiger partial charge on any atom is 0.255 e. The van der Waals surface area contributed by atoms with Crippen LogP contribution in [0.5, 0.6) is 0 Å². The van der Waals surface area contributed by atoms with Crippen LogP contribution in [0.3, 0.4) is 0 Å². The summed E-state index contributed by atoms with van der Waals surface area (Å²) < 4.78 is 27.5. The van der Waals surface area contributed by atoms with Gasteiger partial charge in [-0.1, -0.05) is 54.6 Å². The van der Waals surface area contributed by atoms with E-state index in [2.05, 4.69) is 10.6 Å². The first kappa shape index (κ1) is 36.4. The number of para-hydroxylation sites is 2. The number of hydrogen-bond acceptors (Lipinski definition) is 5. The van der Waals surface area contributed by atoms with Crippen LogP contribution in [0.2, 0.25) is 0 Å². The molecule has 0 aromatic heterocycles. The van der Waals surface area contributed by atoms with Gasteiger partial charge in [0.05, 0.1) is 17.9 Å². The van der Waals surface area contributed by atoms with Crippen molar-refractivity contribution in [2.75, 3.05) is 15.1 Å². The molecule has 0 radical (unpaired) electrons. The highest BCUT2D eigenvalue weighted by atomic mass is 35.5. The van der Waals surface area contributed by atoms with E-state index in [9.17, 15) is 28.0 Å². The molecule has 9 nitrogen and oxygen atoms in total. The predicted molar refractivity (Wildman–Crippen MR) is 194 cm³/mol. The summed E-state index contributed by atoms with van der Waals surface area (Å²) in [6.45, 7) is 0.234. The minimum absolute atomic E-state index is 0. The first-order chi connectivity index (χ1) is 24.2. The van der Waals surface area contributed by atoms with Gasteiger partial charge in [0, 0.05) is 42.0 Å². The molecule has 0 bridgehead atoms. The number of nitrogens with one attached hydrogen (secondary N) is 2. The third-order valence-electron chi connectivity index (χ3n) is 8.41. The Balaban J connectivity index is 0.00000504. The molecule has 1 aliphatic heterocycles. The van der Waals surface area contributed by atoms with Crippen molar-refractivity contribution < 1.29 is 28.0 Å². The zero-order chi connectivity index (χ0) is 35.2. The van der Waals surface area contributed by atoms with Gasteiger partial charge < -0.3 is 21.3 Å². The Bertz CT molecular complexity index is 2040. The zero-order valence-electron chi connectivity index (χ0n) is 27.2. The summed E-state index contributed by atoms with van der Waals surface area (Å²) >= 11 is 0. The van der Waals surface area contributed by atoms with Crippen molar-refractivity contribution in [2.45, 2.75) is 26.1 Å². The lowest BCUT2D eigenvalue weighted by Crippen LogP contribution is -2.43. The van der Waals surface area contributed by atoms with Crippen molar-refractivity contribution in [3.8, 4) is 0 Å². The second-order valence-electron chi connectivity index (χ2n) is 11.7.